The number of hydrogen-bond acceptors (Lipinski definition) is 3. The molecule has 1 aromatic carbocycles. The van der Waals surface area contributed by atoms with Gasteiger partial charge in [-0.05, 0) is 36.3 Å². The van der Waals surface area contributed by atoms with E-state index >= 15 is 0 Å². The van der Waals surface area contributed by atoms with Crippen molar-refractivity contribution < 1.29 is 14.3 Å². The molecule has 1 atom stereocenters. The van der Waals surface area contributed by atoms with E-state index in [9.17, 15) is 4.79 Å². The standard InChI is InChI=1S/C17H21NO3/c19-16-11-14(13-3-1-2-4-15(13)18-16)12-5-7-17(8-6-12)20-9-10-21-17/h1-4,12,14H,5-11H2,(H,18,19). The van der Waals surface area contributed by atoms with Gasteiger partial charge in [0.15, 0.2) is 5.79 Å². The second-order valence-corrected chi connectivity index (χ2v) is 6.39. The molecule has 2 fully saturated rings. The van der Waals surface area contributed by atoms with E-state index in [0.29, 0.717) is 18.3 Å². The molecular weight excluding hydrogens is 266 g/mol. The monoisotopic (exact) mass is 287 g/mol. The maximum absolute atomic E-state index is 12.0. The van der Waals surface area contributed by atoms with Crippen LogP contribution in [-0.4, -0.2) is 24.9 Å². The summed E-state index contributed by atoms with van der Waals surface area (Å²) in [7, 11) is 0. The van der Waals surface area contributed by atoms with Gasteiger partial charge in [-0.15, -0.1) is 0 Å². The van der Waals surface area contributed by atoms with Gasteiger partial charge in [0.05, 0.1) is 13.2 Å². The average molecular weight is 287 g/mol. The quantitative estimate of drug-likeness (QED) is 0.863. The van der Waals surface area contributed by atoms with Crippen LogP contribution in [0, 0.1) is 5.92 Å². The van der Waals surface area contributed by atoms with Crippen LogP contribution in [0.15, 0.2) is 24.3 Å². The smallest absolute Gasteiger partial charge is 0.225 e. The number of hydrogen-bond donors (Lipinski definition) is 1. The topological polar surface area (TPSA) is 47.6 Å². The Morgan fingerprint density at radius 2 is 1.81 bits per heavy atom. The summed E-state index contributed by atoms with van der Waals surface area (Å²) in [6, 6.07) is 8.22. The summed E-state index contributed by atoms with van der Waals surface area (Å²) in [6.07, 6.45) is 4.67. The Bertz CT molecular complexity index is 541. The molecule has 4 nitrogen and oxygen atoms in total. The predicted octanol–water partition coefficient (Wildman–Crippen LogP) is 3.05. The lowest BCUT2D eigenvalue weighted by Gasteiger charge is -2.40. The van der Waals surface area contributed by atoms with E-state index < -0.39 is 0 Å². The molecule has 1 aromatic rings. The van der Waals surface area contributed by atoms with Crippen LogP contribution in [0.3, 0.4) is 0 Å². The van der Waals surface area contributed by atoms with Crippen LogP contribution in [0.1, 0.15) is 43.6 Å². The number of carbonyl (C=O) groups is 1. The van der Waals surface area contributed by atoms with E-state index in [1.165, 1.54) is 5.56 Å². The summed E-state index contributed by atoms with van der Waals surface area (Å²) in [5.41, 5.74) is 2.29. The summed E-state index contributed by atoms with van der Waals surface area (Å²) in [5.74, 6) is 0.726. The Morgan fingerprint density at radius 1 is 1.10 bits per heavy atom. The average Bonchev–Trinajstić information content (AvgIpc) is 2.95. The summed E-state index contributed by atoms with van der Waals surface area (Å²) in [5, 5.41) is 2.99. The molecule has 21 heavy (non-hydrogen) atoms. The number of amides is 1. The zero-order chi connectivity index (χ0) is 14.3. The van der Waals surface area contributed by atoms with Crippen molar-refractivity contribution in [1.29, 1.82) is 0 Å². The van der Waals surface area contributed by atoms with Gasteiger partial charge in [0, 0.05) is 24.9 Å². The Kier molecular flexibility index (Phi) is 3.23. The number of anilines is 1. The Morgan fingerprint density at radius 3 is 2.57 bits per heavy atom. The van der Waals surface area contributed by atoms with Gasteiger partial charge in [-0.3, -0.25) is 4.79 Å². The minimum Gasteiger partial charge on any atom is -0.348 e. The van der Waals surface area contributed by atoms with Crippen molar-refractivity contribution in [3.63, 3.8) is 0 Å². The number of fused-ring (bicyclic) bond motifs is 1. The molecule has 1 unspecified atom stereocenters. The van der Waals surface area contributed by atoms with Crippen LogP contribution in [0.4, 0.5) is 5.69 Å². The number of carbonyl (C=O) groups excluding carboxylic acids is 1. The molecule has 4 heteroatoms. The lowest BCUT2D eigenvalue weighted by Crippen LogP contribution is -2.38. The SMILES string of the molecule is O=C1CC(C2CCC3(CC2)OCCO3)c2ccccc2N1. The highest BCUT2D eigenvalue weighted by atomic mass is 16.7. The van der Waals surface area contributed by atoms with Crippen LogP contribution in [0.25, 0.3) is 0 Å². The maximum atomic E-state index is 12.0. The van der Waals surface area contributed by atoms with Gasteiger partial charge in [-0.1, -0.05) is 18.2 Å². The van der Waals surface area contributed by atoms with Crippen LogP contribution in [0.2, 0.25) is 0 Å². The first-order valence-electron chi connectivity index (χ1n) is 7.92. The third-order valence-electron chi connectivity index (χ3n) is 5.21. The summed E-state index contributed by atoms with van der Waals surface area (Å²) >= 11 is 0. The molecule has 0 aromatic heterocycles. The molecule has 1 spiro atoms. The molecule has 1 aliphatic carbocycles. The Hall–Kier alpha value is -1.39. The fraction of sp³-hybridized carbons (Fsp3) is 0.588. The van der Waals surface area contributed by atoms with E-state index in [0.717, 1.165) is 44.6 Å². The normalized spacial score (nSPS) is 28.4. The highest BCUT2D eigenvalue weighted by Gasteiger charge is 2.43. The van der Waals surface area contributed by atoms with Crippen molar-refractivity contribution in [3.8, 4) is 0 Å². The van der Waals surface area contributed by atoms with Crippen molar-refractivity contribution in [2.75, 3.05) is 18.5 Å². The minimum atomic E-state index is -0.313. The molecule has 0 radical (unpaired) electrons. The zero-order valence-corrected chi connectivity index (χ0v) is 12.1. The molecule has 2 aliphatic heterocycles. The largest absolute Gasteiger partial charge is 0.348 e. The highest BCUT2D eigenvalue weighted by Crippen LogP contribution is 2.47. The van der Waals surface area contributed by atoms with Crippen LogP contribution >= 0.6 is 0 Å². The second kappa shape index (κ2) is 5.11. The van der Waals surface area contributed by atoms with Crippen molar-refractivity contribution in [2.45, 2.75) is 43.8 Å². The zero-order valence-electron chi connectivity index (χ0n) is 12.1. The first kappa shape index (κ1) is 13.3. The molecule has 3 aliphatic rings. The number of para-hydroxylation sites is 1. The van der Waals surface area contributed by atoms with Gasteiger partial charge >= 0.3 is 0 Å². The summed E-state index contributed by atoms with van der Waals surface area (Å²) in [6.45, 7) is 1.44. The van der Waals surface area contributed by atoms with Gasteiger partial charge in [0.2, 0.25) is 5.91 Å². The molecular formula is C17H21NO3. The van der Waals surface area contributed by atoms with Gasteiger partial charge in [0.25, 0.3) is 0 Å². The van der Waals surface area contributed by atoms with E-state index in [4.69, 9.17) is 9.47 Å². The molecule has 4 rings (SSSR count). The number of rotatable bonds is 1. The maximum Gasteiger partial charge on any atom is 0.225 e. The molecule has 2 heterocycles. The van der Waals surface area contributed by atoms with Gasteiger partial charge in [0.1, 0.15) is 0 Å². The van der Waals surface area contributed by atoms with E-state index in [1.54, 1.807) is 0 Å². The third kappa shape index (κ3) is 2.36. The molecule has 1 saturated carbocycles. The predicted molar refractivity (Wildman–Crippen MR) is 79.0 cm³/mol. The van der Waals surface area contributed by atoms with Gasteiger partial charge in [-0.2, -0.15) is 0 Å². The van der Waals surface area contributed by atoms with Crippen LogP contribution < -0.4 is 5.32 Å². The van der Waals surface area contributed by atoms with Crippen molar-refractivity contribution in [1.82, 2.24) is 0 Å². The summed E-state index contributed by atoms with van der Waals surface area (Å²) in [4.78, 5) is 12.0. The first-order valence-corrected chi connectivity index (χ1v) is 7.92. The van der Waals surface area contributed by atoms with Gasteiger partial charge in [-0.25, -0.2) is 0 Å². The number of ether oxygens (including phenoxy) is 2. The Balaban J connectivity index is 1.53. The highest BCUT2D eigenvalue weighted by molar-refractivity contribution is 5.94. The second-order valence-electron chi connectivity index (χ2n) is 6.39. The van der Waals surface area contributed by atoms with Crippen molar-refractivity contribution in [3.05, 3.63) is 29.8 Å². The fourth-order valence-corrected chi connectivity index (χ4v) is 4.13. The Labute approximate surface area is 124 Å². The van der Waals surface area contributed by atoms with Crippen molar-refractivity contribution in [2.24, 2.45) is 5.92 Å². The van der Waals surface area contributed by atoms with E-state index in [1.807, 2.05) is 12.1 Å². The van der Waals surface area contributed by atoms with Crippen LogP contribution in [-0.2, 0) is 14.3 Å². The molecule has 1 amide bonds. The van der Waals surface area contributed by atoms with Gasteiger partial charge < -0.3 is 14.8 Å². The van der Waals surface area contributed by atoms with E-state index in [-0.39, 0.29) is 11.7 Å². The lowest BCUT2D eigenvalue weighted by atomic mass is 9.72. The first-order chi connectivity index (χ1) is 10.3. The molecule has 1 N–H and O–H groups in total. The number of nitrogens with one attached hydrogen (secondary N) is 1. The minimum absolute atomic E-state index is 0.146. The third-order valence-corrected chi connectivity index (χ3v) is 5.21. The van der Waals surface area contributed by atoms with E-state index in [2.05, 4.69) is 17.4 Å². The molecule has 1 saturated heterocycles. The lowest BCUT2D eigenvalue weighted by molar-refractivity contribution is -0.183. The van der Waals surface area contributed by atoms with Crippen molar-refractivity contribution >= 4 is 11.6 Å². The molecule has 0 bridgehead atoms. The fourth-order valence-electron chi connectivity index (χ4n) is 4.13. The van der Waals surface area contributed by atoms with Crippen LogP contribution in [0.5, 0.6) is 0 Å². The molecule has 112 valence electrons. The number of benzene rings is 1. The summed E-state index contributed by atoms with van der Waals surface area (Å²) < 4.78 is 11.6.